The second-order valence-electron chi connectivity index (χ2n) is 9.28. The Morgan fingerprint density at radius 1 is 0.897 bits per heavy atom. The van der Waals surface area contributed by atoms with Crippen molar-refractivity contribution < 1.29 is 4.74 Å². The van der Waals surface area contributed by atoms with Gasteiger partial charge in [0.2, 0.25) is 0 Å². The molecule has 162 valence electrons. The highest BCUT2D eigenvalue weighted by molar-refractivity contribution is 6.30. The minimum Gasteiger partial charge on any atom is -0.381 e. The first-order valence-corrected chi connectivity index (χ1v) is 12.1. The van der Waals surface area contributed by atoms with Crippen LogP contribution in [0.25, 0.3) is 0 Å². The van der Waals surface area contributed by atoms with Crippen LogP contribution in [0.3, 0.4) is 0 Å². The number of benzene rings is 1. The summed E-state index contributed by atoms with van der Waals surface area (Å²) in [5.41, 5.74) is 1.37. The van der Waals surface area contributed by atoms with Crippen LogP contribution >= 0.6 is 11.6 Å². The van der Waals surface area contributed by atoms with Gasteiger partial charge in [-0.3, -0.25) is 9.80 Å². The molecule has 29 heavy (non-hydrogen) atoms. The number of hydrogen-bond donors (Lipinski definition) is 0. The molecule has 2 atom stereocenters. The molecule has 3 aliphatic heterocycles. The maximum atomic E-state index is 6.08. The summed E-state index contributed by atoms with van der Waals surface area (Å²) in [5.74, 6) is 0.726. The summed E-state index contributed by atoms with van der Waals surface area (Å²) in [6.45, 7) is 11.6. The number of piperidine rings is 2. The standard InChI is InChI=1S/C24H38ClN3O/c25-23-8-5-21(6-9-23)17-27-14-15-28-18-22(7-10-24(28)19-27)20-29-16-4-13-26-11-2-1-3-12-26/h5-6,8-9,22,24H,1-4,7,10-20H2/t22-,24+/m1/s1. The van der Waals surface area contributed by atoms with Gasteiger partial charge in [-0.1, -0.05) is 30.2 Å². The zero-order valence-corrected chi connectivity index (χ0v) is 18.7. The van der Waals surface area contributed by atoms with Crippen LogP contribution in [0.4, 0.5) is 0 Å². The molecule has 3 heterocycles. The van der Waals surface area contributed by atoms with E-state index in [0.717, 1.165) is 36.7 Å². The second-order valence-corrected chi connectivity index (χ2v) is 9.72. The molecule has 3 fully saturated rings. The van der Waals surface area contributed by atoms with Crippen LogP contribution < -0.4 is 0 Å². The molecule has 4 rings (SSSR count). The number of fused-ring (bicyclic) bond motifs is 1. The Labute approximate surface area is 182 Å². The van der Waals surface area contributed by atoms with Gasteiger partial charge in [-0.05, 0) is 68.8 Å². The van der Waals surface area contributed by atoms with Crippen molar-refractivity contribution in [1.82, 2.24) is 14.7 Å². The second kappa shape index (κ2) is 11.1. The largest absolute Gasteiger partial charge is 0.381 e. The summed E-state index contributed by atoms with van der Waals surface area (Å²) in [7, 11) is 0. The molecular formula is C24H38ClN3O. The van der Waals surface area contributed by atoms with Gasteiger partial charge in [0.1, 0.15) is 0 Å². The molecule has 0 saturated carbocycles. The van der Waals surface area contributed by atoms with E-state index in [1.807, 2.05) is 12.1 Å². The number of ether oxygens (including phenoxy) is 1. The van der Waals surface area contributed by atoms with E-state index in [1.165, 1.54) is 89.9 Å². The first-order valence-electron chi connectivity index (χ1n) is 11.8. The molecule has 4 nitrogen and oxygen atoms in total. The van der Waals surface area contributed by atoms with Crippen molar-refractivity contribution in [3.8, 4) is 0 Å². The number of halogens is 1. The van der Waals surface area contributed by atoms with Crippen molar-refractivity contribution in [2.24, 2.45) is 5.92 Å². The van der Waals surface area contributed by atoms with E-state index in [0.29, 0.717) is 0 Å². The first-order chi connectivity index (χ1) is 14.3. The third kappa shape index (κ3) is 6.67. The quantitative estimate of drug-likeness (QED) is 0.589. The topological polar surface area (TPSA) is 19.0 Å². The normalized spacial score (nSPS) is 27.1. The highest BCUT2D eigenvalue weighted by Crippen LogP contribution is 2.26. The van der Waals surface area contributed by atoms with Gasteiger partial charge in [-0.2, -0.15) is 0 Å². The maximum Gasteiger partial charge on any atom is 0.0506 e. The predicted octanol–water partition coefficient (Wildman–Crippen LogP) is 4.13. The molecule has 0 spiro atoms. The van der Waals surface area contributed by atoms with Crippen LogP contribution in [0.15, 0.2) is 24.3 Å². The minimum atomic E-state index is 0.726. The van der Waals surface area contributed by atoms with Gasteiger partial charge < -0.3 is 9.64 Å². The number of piperazine rings is 1. The Kier molecular flexibility index (Phi) is 8.26. The van der Waals surface area contributed by atoms with E-state index in [1.54, 1.807) is 0 Å². The summed E-state index contributed by atoms with van der Waals surface area (Å²) in [6.07, 6.45) is 8.03. The van der Waals surface area contributed by atoms with Crippen LogP contribution in [0.1, 0.15) is 44.1 Å². The highest BCUT2D eigenvalue weighted by atomic mass is 35.5. The van der Waals surface area contributed by atoms with Gasteiger partial charge in [0, 0.05) is 56.9 Å². The van der Waals surface area contributed by atoms with Crippen molar-refractivity contribution in [2.75, 3.05) is 59.0 Å². The monoisotopic (exact) mass is 419 g/mol. The molecule has 5 heteroatoms. The summed E-state index contributed by atoms with van der Waals surface area (Å²) in [5, 5.41) is 0.825. The van der Waals surface area contributed by atoms with Crippen molar-refractivity contribution >= 4 is 11.6 Å². The van der Waals surface area contributed by atoms with E-state index in [9.17, 15) is 0 Å². The summed E-state index contributed by atoms with van der Waals surface area (Å²) in [4.78, 5) is 7.95. The molecule has 1 aromatic rings. The molecule has 0 bridgehead atoms. The molecule has 1 aromatic carbocycles. The summed E-state index contributed by atoms with van der Waals surface area (Å²) in [6, 6.07) is 9.06. The van der Waals surface area contributed by atoms with Crippen molar-refractivity contribution in [3.05, 3.63) is 34.9 Å². The first kappa shape index (κ1) is 21.6. The van der Waals surface area contributed by atoms with E-state index in [2.05, 4.69) is 26.8 Å². The van der Waals surface area contributed by atoms with E-state index in [4.69, 9.17) is 16.3 Å². The summed E-state index contributed by atoms with van der Waals surface area (Å²) < 4.78 is 6.08. The van der Waals surface area contributed by atoms with Crippen LogP contribution in [0, 0.1) is 5.92 Å². The SMILES string of the molecule is Clc1ccc(CN2CCN3C[C@H](COCCCN4CCCCC4)CC[C@H]3C2)cc1. The Morgan fingerprint density at radius 2 is 1.72 bits per heavy atom. The average molecular weight is 420 g/mol. The lowest BCUT2D eigenvalue weighted by atomic mass is 9.91. The zero-order valence-electron chi connectivity index (χ0n) is 17.9. The predicted molar refractivity (Wildman–Crippen MR) is 121 cm³/mol. The van der Waals surface area contributed by atoms with E-state index in [-0.39, 0.29) is 0 Å². The number of nitrogens with zero attached hydrogens (tertiary/aromatic N) is 3. The summed E-state index contributed by atoms with van der Waals surface area (Å²) >= 11 is 6.02. The molecule has 0 aliphatic carbocycles. The van der Waals surface area contributed by atoms with Gasteiger partial charge in [-0.15, -0.1) is 0 Å². The molecule has 3 saturated heterocycles. The van der Waals surface area contributed by atoms with Crippen molar-refractivity contribution in [3.63, 3.8) is 0 Å². The maximum absolute atomic E-state index is 6.08. The van der Waals surface area contributed by atoms with E-state index >= 15 is 0 Å². The fraction of sp³-hybridized carbons (Fsp3) is 0.750. The average Bonchev–Trinajstić information content (AvgIpc) is 2.76. The van der Waals surface area contributed by atoms with Gasteiger partial charge >= 0.3 is 0 Å². The molecule has 0 aromatic heterocycles. The lowest BCUT2D eigenvalue weighted by Gasteiger charge is -2.46. The van der Waals surface area contributed by atoms with Crippen molar-refractivity contribution in [1.29, 1.82) is 0 Å². The molecular weight excluding hydrogens is 382 g/mol. The van der Waals surface area contributed by atoms with Gasteiger partial charge in [0.15, 0.2) is 0 Å². The lowest BCUT2D eigenvalue weighted by Crippen LogP contribution is -2.56. The Bertz CT molecular complexity index is 605. The Balaban J connectivity index is 1.11. The number of likely N-dealkylation sites (tertiary alicyclic amines) is 1. The van der Waals surface area contributed by atoms with Gasteiger partial charge in [0.25, 0.3) is 0 Å². The Hall–Kier alpha value is -0.650. The Morgan fingerprint density at radius 3 is 2.55 bits per heavy atom. The highest BCUT2D eigenvalue weighted by Gasteiger charge is 2.32. The van der Waals surface area contributed by atoms with Crippen molar-refractivity contribution in [2.45, 2.75) is 51.1 Å². The molecule has 0 amide bonds. The smallest absolute Gasteiger partial charge is 0.0506 e. The van der Waals surface area contributed by atoms with Gasteiger partial charge in [-0.25, -0.2) is 0 Å². The lowest BCUT2D eigenvalue weighted by molar-refractivity contribution is -0.00316. The van der Waals surface area contributed by atoms with Crippen LogP contribution in [-0.2, 0) is 11.3 Å². The number of hydrogen-bond acceptors (Lipinski definition) is 4. The number of rotatable bonds is 8. The molecule has 0 N–H and O–H groups in total. The molecule has 0 radical (unpaired) electrons. The third-order valence-corrected chi connectivity index (χ3v) is 7.23. The van der Waals surface area contributed by atoms with Crippen LogP contribution in [0.5, 0.6) is 0 Å². The van der Waals surface area contributed by atoms with E-state index < -0.39 is 0 Å². The molecule has 0 unspecified atom stereocenters. The molecule has 3 aliphatic rings. The third-order valence-electron chi connectivity index (χ3n) is 6.97. The zero-order chi connectivity index (χ0) is 19.9. The van der Waals surface area contributed by atoms with Crippen LogP contribution in [0.2, 0.25) is 5.02 Å². The minimum absolute atomic E-state index is 0.726. The fourth-order valence-corrected chi connectivity index (χ4v) is 5.40. The van der Waals surface area contributed by atoms with Gasteiger partial charge in [0.05, 0.1) is 6.61 Å². The van der Waals surface area contributed by atoms with Crippen LogP contribution in [-0.4, -0.2) is 79.8 Å². The fourth-order valence-electron chi connectivity index (χ4n) is 5.27.